The molecule has 0 saturated heterocycles. The van der Waals surface area contributed by atoms with Gasteiger partial charge < -0.3 is 4.74 Å². The van der Waals surface area contributed by atoms with Crippen LogP contribution >= 0.6 is 0 Å². The Balaban J connectivity index is 2.03. The van der Waals surface area contributed by atoms with Crippen molar-refractivity contribution in [3.8, 4) is 0 Å². The predicted octanol–water partition coefficient (Wildman–Crippen LogP) is 3.95. The Hall–Kier alpha value is -1.45. The number of rotatable bonds is 2. The molecule has 0 heterocycles. The zero-order valence-corrected chi connectivity index (χ0v) is 11.2. The van der Waals surface area contributed by atoms with E-state index in [0.717, 1.165) is 25.3 Å². The lowest BCUT2D eigenvalue weighted by Gasteiger charge is -2.31. The van der Waals surface area contributed by atoms with E-state index in [4.69, 9.17) is 4.74 Å². The number of esters is 1. The fourth-order valence-electron chi connectivity index (χ4n) is 2.48. The average Bonchev–Trinajstić information content (AvgIpc) is 2.37. The minimum atomic E-state index is -1.13. The van der Waals surface area contributed by atoms with Gasteiger partial charge in [0.05, 0.1) is 5.56 Å². The number of halogens is 2. The van der Waals surface area contributed by atoms with Crippen LogP contribution < -0.4 is 0 Å². The first kappa shape index (κ1) is 14.0. The van der Waals surface area contributed by atoms with E-state index in [9.17, 15) is 13.6 Å². The number of carbonyl (C=O) groups is 1. The molecule has 4 heteroatoms. The van der Waals surface area contributed by atoms with Crippen LogP contribution in [0, 0.1) is 23.5 Å². The van der Waals surface area contributed by atoms with Gasteiger partial charge in [0.25, 0.3) is 0 Å². The Morgan fingerprint density at radius 1 is 1.21 bits per heavy atom. The molecule has 0 spiro atoms. The molecule has 1 aliphatic carbocycles. The molecule has 0 amide bonds. The third-order valence-electron chi connectivity index (χ3n) is 4.00. The molecule has 2 nitrogen and oxygen atoms in total. The molecule has 0 bridgehead atoms. The fourth-order valence-corrected chi connectivity index (χ4v) is 2.48. The van der Waals surface area contributed by atoms with Crippen LogP contribution in [-0.4, -0.2) is 12.1 Å². The highest BCUT2D eigenvalue weighted by Crippen LogP contribution is 2.31. The largest absolute Gasteiger partial charge is 0.459 e. The van der Waals surface area contributed by atoms with Crippen LogP contribution in [-0.2, 0) is 4.74 Å². The maximum absolute atomic E-state index is 13.5. The monoisotopic (exact) mass is 268 g/mol. The lowest BCUT2D eigenvalue weighted by Crippen LogP contribution is -2.29. The van der Waals surface area contributed by atoms with Gasteiger partial charge in [-0.25, -0.2) is 13.6 Å². The van der Waals surface area contributed by atoms with E-state index >= 15 is 0 Å². The summed E-state index contributed by atoms with van der Waals surface area (Å²) in [7, 11) is 0. The van der Waals surface area contributed by atoms with Crippen molar-refractivity contribution in [2.75, 3.05) is 0 Å². The first-order valence-corrected chi connectivity index (χ1v) is 6.64. The van der Waals surface area contributed by atoms with Crippen molar-refractivity contribution in [2.24, 2.45) is 11.8 Å². The Kier molecular flexibility index (Phi) is 4.17. The molecule has 104 valence electrons. The van der Waals surface area contributed by atoms with Gasteiger partial charge >= 0.3 is 5.97 Å². The molecule has 19 heavy (non-hydrogen) atoms. The minimum absolute atomic E-state index is 0.193. The number of ether oxygens (including phenoxy) is 1. The molecule has 3 unspecified atom stereocenters. The normalized spacial score (nSPS) is 27.1. The lowest BCUT2D eigenvalue weighted by atomic mass is 9.80. The van der Waals surface area contributed by atoms with Crippen LogP contribution in [0.3, 0.4) is 0 Å². The summed E-state index contributed by atoms with van der Waals surface area (Å²) in [5, 5.41) is 0. The number of hydrogen-bond acceptors (Lipinski definition) is 2. The zero-order chi connectivity index (χ0) is 14.0. The summed E-state index contributed by atoms with van der Waals surface area (Å²) < 4.78 is 31.8. The van der Waals surface area contributed by atoms with Gasteiger partial charge in [-0.15, -0.1) is 0 Å². The van der Waals surface area contributed by atoms with Gasteiger partial charge in [0.2, 0.25) is 0 Å². The molecule has 3 atom stereocenters. The third-order valence-corrected chi connectivity index (χ3v) is 4.00. The van der Waals surface area contributed by atoms with E-state index in [-0.39, 0.29) is 11.7 Å². The lowest BCUT2D eigenvalue weighted by molar-refractivity contribution is 0.00825. The molecule has 1 fully saturated rings. The highest BCUT2D eigenvalue weighted by Gasteiger charge is 2.28. The smallest absolute Gasteiger partial charge is 0.341 e. The summed E-state index contributed by atoms with van der Waals surface area (Å²) in [6.45, 7) is 4.29. The van der Waals surface area contributed by atoms with Gasteiger partial charge in [-0.3, -0.25) is 0 Å². The molecule has 0 aromatic heterocycles. The van der Waals surface area contributed by atoms with E-state index in [1.807, 2.05) is 0 Å². The predicted molar refractivity (Wildman–Crippen MR) is 67.7 cm³/mol. The van der Waals surface area contributed by atoms with Crippen LogP contribution in [0.5, 0.6) is 0 Å². The molecule has 1 aromatic carbocycles. The van der Waals surface area contributed by atoms with Gasteiger partial charge in [-0.05, 0) is 43.2 Å². The Morgan fingerprint density at radius 3 is 2.63 bits per heavy atom. The molecule has 2 rings (SSSR count). The number of benzene rings is 1. The Bertz CT molecular complexity index is 473. The second-order valence-electron chi connectivity index (χ2n) is 5.40. The molecule has 0 radical (unpaired) electrons. The standard InChI is InChI=1S/C15H18F2O2/c1-9-6-7-11(8-10(9)2)19-15(18)12-4-3-5-13(16)14(12)17/h3-5,9-11H,6-8H2,1-2H3. The summed E-state index contributed by atoms with van der Waals surface area (Å²) in [5.41, 5.74) is -0.328. The van der Waals surface area contributed by atoms with Crippen LogP contribution in [0.25, 0.3) is 0 Å². The van der Waals surface area contributed by atoms with Crippen molar-refractivity contribution < 1.29 is 18.3 Å². The van der Waals surface area contributed by atoms with Gasteiger partial charge in [0, 0.05) is 0 Å². The summed E-state index contributed by atoms with van der Waals surface area (Å²) >= 11 is 0. The van der Waals surface area contributed by atoms with Gasteiger partial charge in [0.15, 0.2) is 11.6 Å². The van der Waals surface area contributed by atoms with E-state index in [1.165, 1.54) is 12.1 Å². The number of hydrogen-bond donors (Lipinski definition) is 0. The highest BCUT2D eigenvalue weighted by atomic mass is 19.2. The van der Waals surface area contributed by atoms with Crippen LogP contribution in [0.4, 0.5) is 8.78 Å². The van der Waals surface area contributed by atoms with E-state index < -0.39 is 17.6 Å². The summed E-state index contributed by atoms with van der Waals surface area (Å²) in [6.07, 6.45) is 2.37. The quantitative estimate of drug-likeness (QED) is 0.759. The highest BCUT2D eigenvalue weighted by molar-refractivity contribution is 5.89. The van der Waals surface area contributed by atoms with E-state index in [0.29, 0.717) is 11.8 Å². The molecular formula is C15H18F2O2. The molecule has 1 aromatic rings. The first-order valence-electron chi connectivity index (χ1n) is 6.64. The van der Waals surface area contributed by atoms with E-state index in [1.54, 1.807) is 0 Å². The molecule has 0 N–H and O–H groups in total. The third kappa shape index (κ3) is 3.11. The van der Waals surface area contributed by atoms with Gasteiger partial charge in [-0.1, -0.05) is 19.9 Å². The van der Waals surface area contributed by atoms with Gasteiger partial charge in [-0.2, -0.15) is 0 Å². The van der Waals surface area contributed by atoms with Crippen molar-refractivity contribution in [2.45, 2.75) is 39.2 Å². The first-order chi connectivity index (χ1) is 8.99. The van der Waals surface area contributed by atoms with Crippen molar-refractivity contribution in [3.63, 3.8) is 0 Å². The van der Waals surface area contributed by atoms with Crippen LogP contribution in [0.1, 0.15) is 43.5 Å². The van der Waals surface area contributed by atoms with Crippen LogP contribution in [0.15, 0.2) is 18.2 Å². The zero-order valence-electron chi connectivity index (χ0n) is 11.2. The SMILES string of the molecule is CC1CCC(OC(=O)c2cccc(F)c2F)CC1C. The molecule has 1 saturated carbocycles. The second-order valence-corrected chi connectivity index (χ2v) is 5.40. The Labute approximate surface area is 111 Å². The topological polar surface area (TPSA) is 26.3 Å². The van der Waals surface area contributed by atoms with Gasteiger partial charge in [0.1, 0.15) is 6.10 Å². The second kappa shape index (κ2) is 5.68. The summed E-state index contributed by atoms with van der Waals surface area (Å²) in [4.78, 5) is 11.8. The molecular weight excluding hydrogens is 250 g/mol. The van der Waals surface area contributed by atoms with Crippen molar-refractivity contribution in [1.82, 2.24) is 0 Å². The molecule has 0 aliphatic heterocycles. The van der Waals surface area contributed by atoms with Crippen molar-refractivity contribution in [1.29, 1.82) is 0 Å². The fraction of sp³-hybridized carbons (Fsp3) is 0.533. The summed E-state index contributed by atoms with van der Waals surface area (Å²) in [6, 6.07) is 3.53. The average molecular weight is 268 g/mol. The maximum Gasteiger partial charge on any atom is 0.341 e. The maximum atomic E-state index is 13.5. The van der Waals surface area contributed by atoms with Crippen LogP contribution in [0.2, 0.25) is 0 Å². The minimum Gasteiger partial charge on any atom is -0.459 e. The van der Waals surface area contributed by atoms with Crippen molar-refractivity contribution >= 4 is 5.97 Å². The van der Waals surface area contributed by atoms with E-state index in [2.05, 4.69) is 13.8 Å². The number of carbonyl (C=O) groups excluding carboxylic acids is 1. The van der Waals surface area contributed by atoms with Crippen molar-refractivity contribution in [3.05, 3.63) is 35.4 Å². The summed E-state index contributed by atoms with van der Waals surface area (Å²) in [5.74, 6) is -1.85. The Morgan fingerprint density at radius 2 is 1.95 bits per heavy atom. The molecule has 1 aliphatic rings.